The molecule has 1 rings (SSSR count). The Hall–Kier alpha value is -1.38. The number of pyridine rings is 1. The van der Waals surface area contributed by atoms with Crippen LogP contribution in [0.1, 0.15) is 25.1 Å². The Morgan fingerprint density at radius 3 is 2.50 bits per heavy atom. The maximum Gasteiger partial charge on any atom is 0.0619 e. The molecular weight excluding hydrogens is 150 g/mol. The molecule has 0 unspecified atom stereocenters. The van der Waals surface area contributed by atoms with Gasteiger partial charge in [0.2, 0.25) is 0 Å². The van der Waals surface area contributed by atoms with E-state index in [1.165, 1.54) is 6.21 Å². The molecule has 12 heavy (non-hydrogen) atoms. The van der Waals surface area contributed by atoms with Crippen LogP contribution in [-0.4, -0.2) is 11.2 Å². The van der Waals surface area contributed by atoms with Gasteiger partial charge in [0, 0.05) is 18.0 Å². The summed E-state index contributed by atoms with van der Waals surface area (Å²) < 4.78 is 0. The third kappa shape index (κ3) is 2.34. The van der Waals surface area contributed by atoms with E-state index in [0.29, 0.717) is 5.69 Å². The predicted octanol–water partition coefficient (Wildman–Crippen LogP) is 2.00. The Labute approximate surface area is 73.1 Å². The number of rotatable bonds is 1. The van der Waals surface area contributed by atoms with Crippen LogP contribution in [0.2, 0.25) is 0 Å². The van der Waals surface area contributed by atoms with Gasteiger partial charge in [-0.1, -0.05) is 13.8 Å². The standard InChI is InChI=1S/C7H9N3.C2H6/c1-5-7(9)6(4-8)2-3-10-5;1-2/h2-4,8H,9H2,1H3;1-2H3. The van der Waals surface area contributed by atoms with Crippen LogP contribution in [0.25, 0.3) is 0 Å². The number of nitrogens with two attached hydrogens (primary N) is 1. The van der Waals surface area contributed by atoms with Gasteiger partial charge in [-0.25, -0.2) is 0 Å². The fourth-order valence-corrected chi connectivity index (χ4v) is 0.723. The largest absolute Gasteiger partial charge is 0.397 e. The van der Waals surface area contributed by atoms with Crippen LogP contribution >= 0.6 is 0 Å². The Morgan fingerprint density at radius 1 is 1.50 bits per heavy atom. The number of hydrogen-bond donors (Lipinski definition) is 2. The molecule has 0 spiro atoms. The highest BCUT2D eigenvalue weighted by Crippen LogP contribution is 2.10. The van der Waals surface area contributed by atoms with E-state index in [0.717, 1.165) is 11.3 Å². The maximum absolute atomic E-state index is 6.95. The minimum Gasteiger partial charge on any atom is -0.397 e. The van der Waals surface area contributed by atoms with Crippen molar-refractivity contribution in [1.82, 2.24) is 4.98 Å². The SMILES string of the molecule is CC.Cc1nccc(C=N)c1N. The van der Waals surface area contributed by atoms with E-state index in [2.05, 4.69) is 4.98 Å². The molecule has 0 aromatic carbocycles. The zero-order chi connectivity index (χ0) is 9.56. The van der Waals surface area contributed by atoms with Crippen LogP contribution in [0.4, 0.5) is 5.69 Å². The number of nitrogens with one attached hydrogen (secondary N) is 1. The minimum absolute atomic E-state index is 0.595. The van der Waals surface area contributed by atoms with Crippen molar-refractivity contribution in [2.24, 2.45) is 0 Å². The average Bonchev–Trinajstić information content (AvgIpc) is 2.13. The highest BCUT2D eigenvalue weighted by atomic mass is 14.7. The first kappa shape index (κ1) is 10.6. The molecule has 0 radical (unpaired) electrons. The van der Waals surface area contributed by atoms with Gasteiger partial charge in [-0.3, -0.25) is 4.98 Å². The van der Waals surface area contributed by atoms with E-state index < -0.39 is 0 Å². The summed E-state index contributed by atoms with van der Waals surface area (Å²) in [5.41, 5.74) is 7.68. The molecule has 0 aliphatic rings. The molecule has 3 nitrogen and oxygen atoms in total. The van der Waals surface area contributed by atoms with Gasteiger partial charge in [0.15, 0.2) is 0 Å². The maximum atomic E-state index is 6.95. The molecule has 3 N–H and O–H groups in total. The second kappa shape index (κ2) is 5.29. The number of nitrogen functional groups attached to an aromatic ring is 1. The van der Waals surface area contributed by atoms with Crippen LogP contribution in [0.15, 0.2) is 12.3 Å². The van der Waals surface area contributed by atoms with E-state index in [-0.39, 0.29) is 0 Å². The third-order valence-corrected chi connectivity index (χ3v) is 1.38. The predicted molar refractivity (Wildman–Crippen MR) is 52.6 cm³/mol. The minimum atomic E-state index is 0.595. The quantitative estimate of drug-likeness (QED) is 0.625. The van der Waals surface area contributed by atoms with E-state index in [1.54, 1.807) is 12.3 Å². The normalized spacial score (nSPS) is 8.25. The molecule has 0 amide bonds. The van der Waals surface area contributed by atoms with Gasteiger partial charge in [0.05, 0.1) is 11.4 Å². The Morgan fingerprint density at radius 2 is 2.08 bits per heavy atom. The highest BCUT2D eigenvalue weighted by molar-refractivity contribution is 5.85. The lowest BCUT2D eigenvalue weighted by molar-refractivity contribution is 1.20. The summed E-state index contributed by atoms with van der Waals surface area (Å²) in [5, 5.41) is 6.95. The number of anilines is 1. The molecule has 3 heteroatoms. The molecule has 1 heterocycles. The summed E-state index contributed by atoms with van der Waals surface area (Å²) in [6.45, 7) is 5.82. The van der Waals surface area contributed by atoms with Crippen molar-refractivity contribution in [2.45, 2.75) is 20.8 Å². The molecule has 0 atom stereocenters. The van der Waals surface area contributed by atoms with Crippen LogP contribution in [0.3, 0.4) is 0 Å². The lowest BCUT2D eigenvalue weighted by Crippen LogP contribution is -1.97. The van der Waals surface area contributed by atoms with Crippen molar-refractivity contribution in [3.8, 4) is 0 Å². The summed E-state index contributed by atoms with van der Waals surface area (Å²) in [6, 6.07) is 1.72. The first-order valence-electron chi connectivity index (χ1n) is 3.97. The highest BCUT2D eigenvalue weighted by Gasteiger charge is 1.97. The zero-order valence-corrected chi connectivity index (χ0v) is 7.76. The van der Waals surface area contributed by atoms with Crippen molar-refractivity contribution in [3.05, 3.63) is 23.5 Å². The Kier molecular flexibility index (Phi) is 4.69. The summed E-state index contributed by atoms with van der Waals surface area (Å²) in [6.07, 6.45) is 2.87. The van der Waals surface area contributed by atoms with Crippen molar-refractivity contribution < 1.29 is 0 Å². The van der Waals surface area contributed by atoms with Crippen molar-refractivity contribution >= 4 is 11.9 Å². The summed E-state index contributed by atoms with van der Waals surface area (Å²) >= 11 is 0. The molecule has 0 saturated carbocycles. The van der Waals surface area contributed by atoms with Crippen molar-refractivity contribution in [3.63, 3.8) is 0 Å². The summed E-state index contributed by atoms with van der Waals surface area (Å²) in [4.78, 5) is 3.96. The molecule has 66 valence electrons. The number of aryl methyl sites for hydroxylation is 1. The molecule has 0 aliphatic heterocycles. The van der Waals surface area contributed by atoms with Crippen LogP contribution in [0.5, 0.6) is 0 Å². The van der Waals surface area contributed by atoms with E-state index in [9.17, 15) is 0 Å². The Bertz CT molecular complexity index is 256. The average molecular weight is 165 g/mol. The van der Waals surface area contributed by atoms with Crippen molar-refractivity contribution in [1.29, 1.82) is 5.41 Å². The van der Waals surface area contributed by atoms with Gasteiger partial charge < -0.3 is 11.1 Å². The topological polar surface area (TPSA) is 62.8 Å². The summed E-state index contributed by atoms with van der Waals surface area (Å²) in [5.74, 6) is 0. The van der Waals surface area contributed by atoms with Crippen LogP contribution < -0.4 is 5.73 Å². The van der Waals surface area contributed by atoms with Gasteiger partial charge in [0.25, 0.3) is 0 Å². The van der Waals surface area contributed by atoms with Gasteiger partial charge >= 0.3 is 0 Å². The second-order valence-corrected chi connectivity index (χ2v) is 2.04. The first-order chi connectivity index (χ1) is 5.75. The van der Waals surface area contributed by atoms with Gasteiger partial charge in [-0.15, -0.1) is 0 Å². The van der Waals surface area contributed by atoms with Crippen molar-refractivity contribution in [2.75, 3.05) is 5.73 Å². The monoisotopic (exact) mass is 165 g/mol. The van der Waals surface area contributed by atoms with E-state index in [1.807, 2.05) is 20.8 Å². The lowest BCUT2D eigenvalue weighted by Gasteiger charge is -2.00. The zero-order valence-electron chi connectivity index (χ0n) is 7.76. The van der Waals surface area contributed by atoms with Crippen LogP contribution in [-0.2, 0) is 0 Å². The molecule has 0 saturated heterocycles. The smallest absolute Gasteiger partial charge is 0.0619 e. The molecular formula is C9H15N3. The molecule has 0 fully saturated rings. The first-order valence-corrected chi connectivity index (χ1v) is 3.97. The third-order valence-electron chi connectivity index (χ3n) is 1.38. The number of nitrogens with zero attached hydrogens (tertiary/aromatic N) is 1. The molecule has 1 aromatic rings. The second-order valence-electron chi connectivity index (χ2n) is 2.04. The Balaban J connectivity index is 0.000000561. The van der Waals surface area contributed by atoms with E-state index >= 15 is 0 Å². The van der Waals surface area contributed by atoms with Gasteiger partial charge in [-0.2, -0.15) is 0 Å². The fourth-order valence-electron chi connectivity index (χ4n) is 0.723. The lowest BCUT2D eigenvalue weighted by atomic mass is 10.2. The fraction of sp³-hybridized carbons (Fsp3) is 0.333. The van der Waals surface area contributed by atoms with Gasteiger partial charge in [0.1, 0.15) is 0 Å². The molecule has 0 aliphatic carbocycles. The van der Waals surface area contributed by atoms with E-state index in [4.69, 9.17) is 11.1 Å². The van der Waals surface area contributed by atoms with Gasteiger partial charge in [-0.05, 0) is 13.0 Å². The molecule has 0 bridgehead atoms. The molecule has 1 aromatic heterocycles. The number of hydrogen-bond acceptors (Lipinski definition) is 3. The summed E-state index contributed by atoms with van der Waals surface area (Å²) in [7, 11) is 0. The number of aromatic nitrogens is 1. The van der Waals surface area contributed by atoms with Crippen LogP contribution in [0, 0.1) is 12.3 Å².